The van der Waals surface area contributed by atoms with Gasteiger partial charge in [0.05, 0.1) is 19.3 Å². The normalized spacial score (nSPS) is 14.3. The van der Waals surface area contributed by atoms with Crippen molar-refractivity contribution in [3.05, 3.63) is 48.6 Å². The number of ketones is 1. The van der Waals surface area contributed by atoms with Gasteiger partial charge in [0.2, 0.25) is 0 Å². The lowest BCUT2D eigenvalue weighted by molar-refractivity contribution is -0.161. The molecule has 0 amide bonds. The van der Waals surface area contributed by atoms with Crippen molar-refractivity contribution in [3.63, 3.8) is 0 Å². The van der Waals surface area contributed by atoms with Crippen LogP contribution < -0.4 is 5.73 Å². The second kappa shape index (κ2) is 37.6. The van der Waals surface area contributed by atoms with Crippen LogP contribution in [-0.4, -0.2) is 54.6 Å². The molecule has 0 aromatic heterocycles. The monoisotopic (exact) mass is 782 g/mol. The number of allylic oxidation sites excluding steroid dienone is 8. The number of phosphoric acid groups is 1. The Morgan fingerprint density at radius 1 is 0.574 bits per heavy atom. The number of phosphoric ester groups is 1. The highest BCUT2D eigenvalue weighted by atomic mass is 31.2. The minimum Gasteiger partial charge on any atom is -0.462 e. The molecule has 0 radical (unpaired) electrons. The molecule has 3 unspecified atom stereocenters. The van der Waals surface area contributed by atoms with E-state index < -0.39 is 50.9 Å². The van der Waals surface area contributed by atoms with E-state index in [0.29, 0.717) is 12.8 Å². The Morgan fingerprint density at radius 3 is 1.54 bits per heavy atom. The first-order valence-electron chi connectivity index (χ1n) is 20.9. The highest BCUT2D eigenvalue weighted by Crippen LogP contribution is 2.43. The zero-order valence-corrected chi connectivity index (χ0v) is 35.0. The first-order valence-corrected chi connectivity index (χ1v) is 22.4. The van der Waals surface area contributed by atoms with Crippen LogP contribution in [0.5, 0.6) is 0 Å². The van der Waals surface area contributed by atoms with Gasteiger partial charge in [0.1, 0.15) is 12.4 Å². The molecule has 312 valence electrons. The van der Waals surface area contributed by atoms with E-state index in [2.05, 4.69) is 50.3 Å². The standard InChI is InChI=1S/C43H76NO9P/c1-4-6-8-10-12-14-16-18-19-20-21-23-25-27-29-31-33-35-43(47)53-40(37-51-54(48,49)52-38-41(44)39(3)45)36-50-42(46)34-32-30-28-26-24-22-17-15-13-11-9-7-5-2/h14,16,19-20,23,25,29,31,40-41H,4-13,15,17-18,21-22,24,26-28,30,32-38,44H2,1-3H3,(H,48,49)/b16-14-,20-19-,25-23-,31-29-. The third kappa shape index (κ3) is 36.6. The molecular weight excluding hydrogens is 705 g/mol. The summed E-state index contributed by atoms with van der Waals surface area (Å²) in [7, 11) is -4.62. The molecule has 0 aromatic rings. The van der Waals surface area contributed by atoms with Crippen molar-refractivity contribution in [2.24, 2.45) is 5.73 Å². The molecule has 0 aliphatic heterocycles. The van der Waals surface area contributed by atoms with Gasteiger partial charge < -0.3 is 20.1 Å². The van der Waals surface area contributed by atoms with Gasteiger partial charge in [0, 0.05) is 12.8 Å². The van der Waals surface area contributed by atoms with Gasteiger partial charge in [-0.2, -0.15) is 0 Å². The quantitative estimate of drug-likeness (QED) is 0.0268. The Balaban J connectivity index is 4.52. The average molecular weight is 782 g/mol. The summed E-state index contributed by atoms with van der Waals surface area (Å²) in [5.41, 5.74) is 5.57. The molecule has 54 heavy (non-hydrogen) atoms. The van der Waals surface area contributed by atoms with E-state index in [1.54, 1.807) is 0 Å². The lowest BCUT2D eigenvalue weighted by atomic mass is 10.0. The van der Waals surface area contributed by atoms with Crippen molar-refractivity contribution in [1.82, 2.24) is 0 Å². The second-order valence-electron chi connectivity index (χ2n) is 14.0. The molecule has 0 heterocycles. The maximum absolute atomic E-state index is 12.6. The number of carbonyl (C=O) groups excluding carboxylic acids is 3. The third-order valence-electron chi connectivity index (χ3n) is 8.80. The van der Waals surface area contributed by atoms with Crippen LogP contribution in [0.15, 0.2) is 48.6 Å². The van der Waals surface area contributed by atoms with E-state index in [0.717, 1.165) is 44.9 Å². The maximum atomic E-state index is 12.6. The molecule has 0 rings (SSSR count). The summed E-state index contributed by atoms with van der Waals surface area (Å²) in [6.45, 7) is 4.30. The first-order chi connectivity index (χ1) is 26.1. The molecule has 11 heteroatoms. The largest absolute Gasteiger partial charge is 0.472 e. The molecule has 0 aromatic carbocycles. The molecular formula is C43H76NO9P. The number of carbonyl (C=O) groups is 3. The van der Waals surface area contributed by atoms with E-state index in [1.165, 1.54) is 90.4 Å². The van der Waals surface area contributed by atoms with E-state index in [-0.39, 0.29) is 19.4 Å². The van der Waals surface area contributed by atoms with Crippen LogP contribution in [0.25, 0.3) is 0 Å². The van der Waals surface area contributed by atoms with E-state index in [4.69, 9.17) is 24.3 Å². The fourth-order valence-electron chi connectivity index (χ4n) is 5.35. The zero-order valence-electron chi connectivity index (χ0n) is 34.1. The van der Waals surface area contributed by atoms with Crippen LogP contribution >= 0.6 is 7.82 Å². The van der Waals surface area contributed by atoms with Crippen LogP contribution in [0.3, 0.4) is 0 Å². The highest BCUT2D eigenvalue weighted by Gasteiger charge is 2.27. The SMILES string of the molecule is CCCCCC/C=C\C/C=C\C/C=C\C/C=C\CCC(=O)OC(COC(=O)CCCCCCCCCCCCCCC)COP(=O)(O)OCC(N)C(C)=O. The van der Waals surface area contributed by atoms with Crippen molar-refractivity contribution in [3.8, 4) is 0 Å². The number of ether oxygens (including phenoxy) is 2. The fourth-order valence-corrected chi connectivity index (χ4v) is 6.13. The molecule has 0 spiro atoms. The van der Waals surface area contributed by atoms with Gasteiger partial charge in [-0.1, -0.05) is 159 Å². The van der Waals surface area contributed by atoms with Crippen molar-refractivity contribution < 1.29 is 42.4 Å². The molecule has 0 saturated carbocycles. The van der Waals surface area contributed by atoms with E-state index in [9.17, 15) is 23.8 Å². The molecule has 0 aliphatic rings. The van der Waals surface area contributed by atoms with Crippen molar-refractivity contribution >= 4 is 25.5 Å². The molecule has 0 fully saturated rings. The van der Waals surface area contributed by atoms with Crippen LogP contribution in [0.2, 0.25) is 0 Å². The first kappa shape index (κ1) is 51.6. The summed E-state index contributed by atoms with van der Waals surface area (Å²) in [6, 6.07) is -1.09. The topological polar surface area (TPSA) is 151 Å². The Kier molecular flexibility index (Phi) is 35.9. The smallest absolute Gasteiger partial charge is 0.462 e. The number of rotatable bonds is 38. The van der Waals surface area contributed by atoms with Gasteiger partial charge in [-0.3, -0.25) is 23.4 Å². The van der Waals surface area contributed by atoms with Crippen molar-refractivity contribution in [1.29, 1.82) is 0 Å². The van der Waals surface area contributed by atoms with Crippen molar-refractivity contribution in [2.75, 3.05) is 19.8 Å². The lowest BCUT2D eigenvalue weighted by Crippen LogP contribution is -2.33. The van der Waals surface area contributed by atoms with Crippen LogP contribution in [-0.2, 0) is 37.5 Å². The van der Waals surface area contributed by atoms with Crippen molar-refractivity contribution in [2.45, 2.75) is 187 Å². The number of hydrogen-bond acceptors (Lipinski definition) is 9. The predicted octanol–water partition coefficient (Wildman–Crippen LogP) is 11.1. The molecule has 3 N–H and O–H groups in total. The highest BCUT2D eigenvalue weighted by molar-refractivity contribution is 7.47. The van der Waals surface area contributed by atoms with Gasteiger partial charge >= 0.3 is 19.8 Å². The maximum Gasteiger partial charge on any atom is 0.472 e. The van der Waals surface area contributed by atoms with E-state index >= 15 is 0 Å². The summed E-state index contributed by atoms with van der Waals surface area (Å²) in [6.07, 6.45) is 40.9. The summed E-state index contributed by atoms with van der Waals surface area (Å²) < 4.78 is 32.9. The fraction of sp³-hybridized carbons (Fsp3) is 0.744. The van der Waals surface area contributed by atoms with Crippen LogP contribution in [0, 0.1) is 0 Å². The Labute approximate surface area is 328 Å². The summed E-state index contributed by atoms with van der Waals surface area (Å²) in [5.74, 6) is -1.42. The Hall–Kier alpha value is -2.36. The summed E-state index contributed by atoms with van der Waals surface area (Å²) >= 11 is 0. The molecule has 0 bridgehead atoms. The summed E-state index contributed by atoms with van der Waals surface area (Å²) in [4.78, 5) is 46.4. The predicted molar refractivity (Wildman–Crippen MR) is 220 cm³/mol. The van der Waals surface area contributed by atoms with Gasteiger partial charge in [0.25, 0.3) is 0 Å². The van der Waals surface area contributed by atoms with Gasteiger partial charge in [-0.15, -0.1) is 0 Å². The van der Waals surface area contributed by atoms with Gasteiger partial charge in [-0.05, 0) is 51.9 Å². The lowest BCUT2D eigenvalue weighted by Gasteiger charge is -2.20. The van der Waals surface area contributed by atoms with E-state index in [1.807, 2.05) is 12.2 Å². The average Bonchev–Trinajstić information content (AvgIpc) is 3.14. The van der Waals surface area contributed by atoms with Gasteiger partial charge in [0.15, 0.2) is 6.10 Å². The summed E-state index contributed by atoms with van der Waals surface area (Å²) in [5, 5.41) is 0. The number of unbranched alkanes of at least 4 members (excludes halogenated alkanes) is 16. The number of esters is 2. The Bertz CT molecular complexity index is 1100. The van der Waals surface area contributed by atoms with Crippen LogP contribution in [0.1, 0.15) is 175 Å². The minimum atomic E-state index is -4.62. The number of Topliss-reactive ketones (excluding diaryl/α,β-unsaturated/α-hetero) is 1. The van der Waals surface area contributed by atoms with Crippen LogP contribution in [0.4, 0.5) is 0 Å². The Morgan fingerprint density at radius 2 is 1.02 bits per heavy atom. The zero-order chi connectivity index (χ0) is 40.0. The third-order valence-corrected chi connectivity index (χ3v) is 9.75. The second-order valence-corrected chi connectivity index (χ2v) is 15.5. The minimum absolute atomic E-state index is 0.0687. The number of hydrogen-bond donors (Lipinski definition) is 2. The molecule has 0 aliphatic carbocycles. The molecule has 10 nitrogen and oxygen atoms in total. The number of nitrogens with two attached hydrogens (primary N) is 1. The van der Waals surface area contributed by atoms with Gasteiger partial charge in [-0.25, -0.2) is 4.57 Å². The molecule has 0 saturated heterocycles. The molecule has 3 atom stereocenters.